The molecule has 0 saturated carbocycles. The zero-order valence-corrected chi connectivity index (χ0v) is 16.2. The van der Waals surface area contributed by atoms with Gasteiger partial charge in [-0.25, -0.2) is 4.68 Å². The van der Waals surface area contributed by atoms with E-state index in [0.717, 1.165) is 5.69 Å². The average Bonchev–Trinajstić information content (AvgIpc) is 3.16. The molecule has 1 N–H and O–H groups in total. The van der Waals surface area contributed by atoms with Crippen molar-refractivity contribution in [1.29, 1.82) is 0 Å². The van der Waals surface area contributed by atoms with Crippen LogP contribution in [0.5, 0.6) is 5.75 Å². The van der Waals surface area contributed by atoms with Gasteiger partial charge in [-0.3, -0.25) is 0 Å². The molecule has 1 unspecified atom stereocenters. The molecule has 0 spiro atoms. The van der Waals surface area contributed by atoms with Crippen LogP contribution in [0.3, 0.4) is 0 Å². The Bertz CT molecular complexity index is 1180. The highest BCUT2D eigenvalue weighted by molar-refractivity contribution is 6.32. The van der Waals surface area contributed by atoms with Crippen LogP contribution >= 0.6 is 11.6 Å². The predicted octanol–water partition coefficient (Wildman–Crippen LogP) is 5.51. The largest absolute Gasteiger partial charge is 0.488 e. The van der Waals surface area contributed by atoms with Crippen LogP contribution in [0.25, 0.3) is 16.6 Å². The molecule has 0 aliphatic heterocycles. The highest BCUT2D eigenvalue weighted by atomic mass is 35.5. The zero-order valence-electron chi connectivity index (χ0n) is 15.5. The molecule has 0 saturated heterocycles. The summed E-state index contributed by atoms with van der Waals surface area (Å²) in [4.78, 5) is 0. The fraction of sp³-hybridized carbons (Fsp3) is 0.136. The third kappa shape index (κ3) is 3.62. The fourth-order valence-corrected chi connectivity index (χ4v) is 3.33. The van der Waals surface area contributed by atoms with Crippen molar-refractivity contribution in [3.63, 3.8) is 0 Å². The second kappa shape index (κ2) is 7.66. The van der Waals surface area contributed by atoms with Crippen molar-refractivity contribution in [3.8, 4) is 11.4 Å². The first kappa shape index (κ1) is 20.3. The van der Waals surface area contributed by atoms with Crippen LogP contribution in [-0.4, -0.2) is 27.7 Å². The van der Waals surface area contributed by atoms with Gasteiger partial charge in [-0.15, -0.1) is 0 Å². The van der Waals surface area contributed by atoms with Crippen LogP contribution in [0.2, 0.25) is 5.02 Å². The van der Waals surface area contributed by atoms with Gasteiger partial charge in [0.05, 0.1) is 22.4 Å². The van der Waals surface area contributed by atoms with Crippen molar-refractivity contribution in [2.75, 3.05) is 6.61 Å². The smallest absolute Gasteiger partial charge is 0.424 e. The normalized spacial score (nSPS) is 13.9. The third-order valence-electron chi connectivity index (χ3n) is 4.79. The number of aromatic nitrogens is 2. The molecule has 1 heterocycles. The van der Waals surface area contributed by atoms with Gasteiger partial charge in [0.15, 0.2) is 0 Å². The van der Waals surface area contributed by atoms with Crippen LogP contribution in [-0.2, 0) is 5.60 Å². The molecule has 1 aromatic heterocycles. The Morgan fingerprint density at radius 2 is 1.67 bits per heavy atom. The number of hydrogen-bond donors (Lipinski definition) is 1. The van der Waals surface area contributed by atoms with Crippen molar-refractivity contribution in [2.45, 2.75) is 11.8 Å². The molecule has 0 radical (unpaired) electrons. The Hall–Kier alpha value is -3.03. The minimum absolute atomic E-state index is 0.0554. The molecule has 0 aliphatic rings. The summed E-state index contributed by atoms with van der Waals surface area (Å²) >= 11 is 5.95. The van der Waals surface area contributed by atoms with Crippen molar-refractivity contribution < 1.29 is 23.0 Å². The van der Waals surface area contributed by atoms with Gasteiger partial charge in [0.2, 0.25) is 5.60 Å². The molecule has 0 amide bonds. The Balaban J connectivity index is 1.71. The number of ether oxygens (including phenoxy) is 1. The number of aliphatic hydroxyl groups is 1. The SMILES string of the molecule is OC(COc1ccccc1Cl)(c1ccc2c(cnn2-c2ccccc2)c1)C(F)(F)F. The van der Waals surface area contributed by atoms with E-state index >= 15 is 0 Å². The molecule has 1 atom stereocenters. The average molecular weight is 433 g/mol. The van der Waals surface area contributed by atoms with Crippen molar-refractivity contribution >= 4 is 22.5 Å². The first-order chi connectivity index (χ1) is 14.3. The second-order valence-electron chi connectivity index (χ2n) is 6.74. The number of alkyl halides is 3. The molecule has 0 fully saturated rings. The highest BCUT2D eigenvalue weighted by Gasteiger charge is 2.56. The highest BCUT2D eigenvalue weighted by Crippen LogP contribution is 2.41. The van der Waals surface area contributed by atoms with Gasteiger partial charge in [-0.05, 0) is 42.0 Å². The second-order valence-corrected chi connectivity index (χ2v) is 7.15. The third-order valence-corrected chi connectivity index (χ3v) is 5.10. The minimum atomic E-state index is -4.97. The van der Waals surface area contributed by atoms with Crippen LogP contribution in [0, 0.1) is 0 Å². The lowest BCUT2D eigenvalue weighted by Gasteiger charge is -2.31. The molecule has 0 aliphatic carbocycles. The van der Waals surface area contributed by atoms with E-state index in [4.69, 9.17) is 16.3 Å². The number of benzene rings is 3. The quantitative estimate of drug-likeness (QED) is 0.452. The van der Waals surface area contributed by atoms with Crippen LogP contribution in [0.1, 0.15) is 5.56 Å². The molecule has 8 heteroatoms. The monoisotopic (exact) mass is 432 g/mol. The van der Waals surface area contributed by atoms with Gasteiger partial charge in [0, 0.05) is 5.39 Å². The molecular weight excluding hydrogens is 417 g/mol. The van der Waals surface area contributed by atoms with E-state index in [-0.39, 0.29) is 16.3 Å². The van der Waals surface area contributed by atoms with E-state index in [1.807, 2.05) is 30.3 Å². The molecule has 3 aromatic carbocycles. The summed E-state index contributed by atoms with van der Waals surface area (Å²) in [7, 11) is 0. The standard InChI is InChI=1S/C22H16ClF3N2O2/c23-18-8-4-5-9-20(18)30-14-21(29,22(24,25)26)16-10-11-19-15(12-16)13-27-28(19)17-6-2-1-3-7-17/h1-13,29H,14H2. The van der Waals surface area contributed by atoms with Gasteiger partial charge < -0.3 is 9.84 Å². The van der Waals surface area contributed by atoms with Crippen molar-refractivity contribution in [3.05, 3.63) is 89.6 Å². The van der Waals surface area contributed by atoms with E-state index < -0.39 is 18.4 Å². The first-order valence-corrected chi connectivity index (χ1v) is 9.37. The minimum Gasteiger partial charge on any atom is -0.488 e. The number of rotatable bonds is 5. The lowest BCUT2D eigenvalue weighted by Crippen LogP contribution is -2.47. The Labute approximate surface area is 175 Å². The van der Waals surface area contributed by atoms with Crippen molar-refractivity contribution in [1.82, 2.24) is 9.78 Å². The summed E-state index contributed by atoms with van der Waals surface area (Å²) in [6, 6.07) is 19.3. The molecule has 0 bridgehead atoms. The predicted molar refractivity (Wildman–Crippen MR) is 108 cm³/mol. The number of hydrogen-bond acceptors (Lipinski definition) is 3. The summed E-state index contributed by atoms with van der Waals surface area (Å²) < 4.78 is 48.5. The lowest BCUT2D eigenvalue weighted by molar-refractivity contribution is -0.275. The van der Waals surface area contributed by atoms with Gasteiger partial charge >= 0.3 is 6.18 Å². The number of halogens is 4. The number of nitrogens with zero attached hydrogens (tertiary/aromatic N) is 2. The maximum Gasteiger partial charge on any atom is 0.424 e. The topological polar surface area (TPSA) is 47.3 Å². The van der Waals surface area contributed by atoms with E-state index in [1.54, 1.807) is 16.8 Å². The Morgan fingerprint density at radius 3 is 2.37 bits per heavy atom. The van der Waals surface area contributed by atoms with E-state index in [1.165, 1.54) is 36.5 Å². The molecule has 4 nitrogen and oxygen atoms in total. The summed E-state index contributed by atoms with van der Waals surface area (Å²) in [5, 5.41) is 15.5. The van der Waals surface area contributed by atoms with Gasteiger partial charge in [-0.1, -0.05) is 48.0 Å². The Morgan fingerprint density at radius 1 is 0.967 bits per heavy atom. The molecular formula is C22H16ClF3N2O2. The first-order valence-electron chi connectivity index (χ1n) is 9.00. The maximum atomic E-state index is 13.9. The Kier molecular flexibility index (Phi) is 5.17. The van der Waals surface area contributed by atoms with E-state index in [9.17, 15) is 18.3 Å². The summed E-state index contributed by atoms with van der Waals surface area (Å²) in [6.07, 6.45) is -3.52. The fourth-order valence-electron chi connectivity index (χ4n) is 3.14. The van der Waals surface area contributed by atoms with Crippen LogP contribution in [0.15, 0.2) is 79.0 Å². The van der Waals surface area contributed by atoms with Crippen LogP contribution < -0.4 is 4.74 Å². The molecule has 4 aromatic rings. The number of fused-ring (bicyclic) bond motifs is 1. The van der Waals surface area contributed by atoms with Gasteiger partial charge in [0.1, 0.15) is 12.4 Å². The lowest BCUT2D eigenvalue weighted by atomic mass is 9.93. The van der Waals surface area contributed by atoms with Gasteiger partial charge in [0.25, 0.3) is 0 Å². The maximum absolute atomic E-state index is 13.9. The molecule has 154 valence electrons. The van der Waals surface area contributed by atoms with Gasteiger partial charge in [-0.2, -0.15) is 18.3 Å². The molecule has 30 heavy (non-hydrogen) atoms. The summed E-state index contributed by atoms with van der Waals surface area (Å²) in [5.41, 5.74) is -2.19. The summed E-state index contributed by atoms with van der Waals surface area (Å²) in [5.74, 6) is 0.0554. The van der Waals surface area contributed by atoms with E-state index in [0.29, 0.717) is 10.9 Å². The van der Waals surface area contributed by atoms with Crippen LogP contribution in [0.4, 0.5) is 13.2 Å². The number of para-hydroxylation sites is 2. The van der Waals surface area contributed by atoms with Crippen molar-refractivity contribution in [2.24, 2.45) is 0 Å². The zero-order chi connectivity index (χ0) is 21.4. The molecule has 4 rings (SSSR count). The summed E-state index contributed by atoms with van der Waals surface area (Å²) in [6.45, 7) is -1.04. The van der Waals surface area contributed by atoms with E-state index in [2.05, 4.69) is 5.10 Å².